The number of anilines is 1. The maximum absolute atomic E-state index is 10.1. The van der Waals surface area contributed by atoms with Gasteiger partial charge in [-0.25, -0.2) is 9.97 Å². The molecule has 0 amide bonds. The number of aromatic nitrogens is 3. The Bertz CT molecular complexity index is 584. The highest BCUT2D eigenvalue weighted by atomic mass is 16.3. The summed E-state index contributed by atoms with van der Waals surface area (Å²) in [6.45, 7) is 3.66. The number of aliphatic hydroxyl groups is 1. The van der Waals surface area contributed by atoms with Crippen LogP contribution in [0, 0.1) is 0 Å². The van der Waals surface area contributed by atoms with E-state index in [1.165, 1.54) is 0 Å². The standard InChI is InChI=1S/C14H18N4O/c1-14(19)5-2-9-18(10-6-14)12-4-3-11-13(17-12)16-8-7-15-11/h3-4,7-8,19H,2,5-6,9-10H2,1H3. The highest BCUT2D eigenvalue weighted by molar-refractivity contribution is 5.71. The fourth-order valence-corrected chi connectivity index (χ4v) is 2.51. The van der Waals surface area contributed by atoms with E-state index in [4.69, 9.17) is 0 Å². The molecule has 0 aliphatic carbocycles. The third-order valence-electron chi connectivity index (χ3n) is 3.70. The number of hydrogen-bond acceptors (Lipinski definition) is 5. The Morgan fingerprint density at radius 3 is 2.89 bits per heavy atom. The van der Waals surface area contributed by atoms with E-state index in [0.717, 1.165) is 43.7 Å². The van der Waals surface area contributed by atoms with E-state index in [2.05, 4.69) is 19.9 Å². The van der Waals surface area contributed by atoms with Crippen LogP contribution in [0.4, 0.5) is 5.82 Å². The van der Waals surface area contributed by atoms with Crippen LogP contribution < -0.4 is 4.90 Å². The molecule has 0 aromatic carbocycles. The normalized spacial score (nSPS) is 24.4. The fourth-order valence-electron chi connectivity index (χ4n) is 2.51. The van der Waals surface area contributed by atoms with E-state index in [9.17, 15) is 5.11 Å². The highest BCUT2D eigenvalue weighted by Gasteiger charge is 2.25. The van der Waals surface area contributed by atoms with Crippen molar-refractivity contribution in [1.82, 2.24) is 15.0 Å². The van der Waals surface area contributed by atoms with E-state index in [1.54, 1.807) is 12.4 Å². The molecular formula is C14H18N4O. The molecule has 3 rings (SSSR count). The van der Waals surface area contributed by atoms with Crippen LogP contribution in [0.25, 0.3) is 11.2 Å². The first kappa shape index (κ1) is 12.3. The van der Waals surface area contributed by atoms with Crippen LogP contribution in [0.15, 0.2) is 24.5 Å². The second kappa shape index (κ2) is 4.74. The van der Waals surface area contributed by atoms with Gasteiger partial charge in [-0.05, 0) is 38.3 Å². The monoisotopic (exact) mass is 258 g/mol. The molecule has 1 unspecified atom stereocenters. The van der Waals surface area contributed by atoms with Crippen LogP contribution in [0.1, 0.15) is 26.2 Å². The Hall–Kier alpha value is -1.75. The van der Waals surface area contributed by atoms with E-state index < -0.39 is 5.60 Å². The second-order valence-corrected chi connectivity index (χ2v) is 5.41. The first-order valence-electron chi connectivity index (χ1n) is 6.69. The van der Waals surface area contributed by atoms with Gasteiger partial charge in [0, 0.05) is 25.5 Å². The van der Waals surface area contributed by atoms with Crippen molar-refractivity contribution < 1.29 is 5.11 Å². The lowest BCUT2D eigenvalue weighted by Gasteiger charge is -2.23. The van der Waals surface area contributed by atoms with Crippen molar-refractivity contribution in [2.45, 2.75) is 31.8 Å². The maximum atomic E-state index is 10.1. The number of fused-ring (bicyclic) bond motifs is 1. The minimum absolute atomic E-state index is 0.550. The molecule has 1 N–H and O–H groups in total. The summed E-state index contributed by atoms with van der Waals surface area (Å²) in [5, 5.41) is 10.1. The zero-order chi connectivity index (χ0) is 13.3. The second-order valence-electron chi connectivity index (χ2n) is 5.41. The van der Waals surface area contributed by atoms with Crippen molar-refractivity contribution in [3.05, 3.63) is 24.5 Å². The zero-order valence-electron chi connectivity index (χ0n) is 11.1. The molecule has 3 heterocycles. The van der Waals surface area contributed by atoms with E-state index >= 15 is 0 Å². The lowest BCUT2D eigenvalue weighted by Crippen LogP contribution is -2.28. The van der Waals surface area contributed by atoms with Crippen LogP contribution >= 0.6 is 0 Å². The van der Waals surface area contributed by atoms with Crippen molar-refractivity contribution in [2.24, 2.45) is 0 Å². The Morgan fingerprint density at radius 2 is 2.00 bits per heavy atom. The predicted octanol–water partition coefficient (Wildman–Crippen LogP) is 1.77. The summed E-state index contributed by atoms with van der Waals surface area (Å²) < 4.78 is 0. The van der Waals surface area contributed by atoms with Crippen LogP contribution in [-0.4, -0.2) is 38.7 Å². The van der Waals surface area contributed by atoms with Crippen molar-refractivity contribution in [3.8, 4) is 0 Å². The van der Waals surface area contributed by atoms with Crippen LogP contribution in [-0.2, 0) is 0 Å². The molecule has 0 saturated carbocycles. The van der Waals surface area contributed by atoms with Gasteiger partial charge in [-0.2, -0.15) is 0 Å². The summed E-state index contributed by atoms with van der Waals surface area (Å²) in [7, 11) is 0. The van der Waals surface area contributed by atoms with Gasteiger partial charge in [0.05, 0.1) is 5.60 Å². The molecule has 1 aliphatic heterocycles. The molecule has 2 aromatic rings. The average Bonchev–Trinajstić information content (AvgIpc) is 2.59. The van der Waals surface area contributed by atoms with Crippen LogP contribution in [0.2, 0.25) is 0 Å². The summed E-state index contributed by atoms with van der Waals surface area (Å²) in [5.74, 6) is 0.922. The SMILES string of the molecule is CC1(O)CCCN(c2ccc3nccnc3n2)CC1. The topological polar surface area (TPSA) is 62.1 Å². The largest absolute Gasteiger partial charge is 0.390 e. The number of pyridine rings is 1. The molecule has 1 aliphatic rings. The van der Waals surface area contributed by atoms with Gasteiger partial charge in [0.1, 0.15) is 11.3 Å². The van der Waals surface area contributed by atoms with Crippen LogP contribution in [0.3, 0.4) is 0 Å². The van der Waals surface area contributed by atoms with Gasteiger partial charge in [0.15, 0.2) is 5.65 Å². The van der Waals surface area contributed by atoms with Crippen molar-refractivity contribution in [3.63, 3.8) is 0 Å². The van der Waals surface area contributed by atoms with Gasteiger partial charge in [0.25, 0.3) is 0 Å². The fraction of sp³-hybridized carbons (Fsp3) is 0.500. The number of nitrogens with zero attached hydrogens (tertiary/aromatic N) is 4. The molecule has 2 aromatic heterocycles. The summed E-state index contributed by atoms with van der Waals surface area (Å²) in [5.41, 5.74) is 0.940. The van der Waals surface area contributed by atoms with Gasteiger partial charge in [-0.15, -0.1) is 0 Å². The summed E-state index contributed by atoms with van der Waals surface area (Å²) in [6, 6.07) is 3.94. The Morgan fingerprint density at radius 1 is 1.16 bits per heavy atom. The third-order valence-corrected chi connectivity index (χ3v) is 3.70. The van der Waals surface area contributed by atoms with E-state index in [0.29, 0.717) is 5.65 Å². The third kappa shape index (κ3) is 2.66. The summed E-state index contributed by atoms with van der Waals surface area (Å²) >= 11 is 0. The zero-order valence-corrected chi connectivity index (χ0v) is 11.1. The van der Waals surface area contributed by atoms with Crippen molar-refractivity contribution in [2.75, 3.05) is 18.0 Å². The quantitative estimate of drug-likeness (QED) is 0.844. The Kier molecular flexibility index (Phi) is 3.06. The Balaban J connectivity index is 1.87. The number of rotatable bonds is 1. The first-order chi connectivity index (χ1) is 9.14. The smallest absolute Gasteiger partial charge is 0.180 e. The van der Waals surface area contributed by atoms with Gasteiger partial charge in [-0.3, -0.25) is 4.98 Å². The average molecular weight is 258 g/mol. The molecule has 1 saturated heterocycles. The van der Waals surface area contributed by atoms with E-state index in [1.807, 2.05) is 19.1 Å². The first-order valence-corrected chi connectivity index (χ1v) is 6.69. The minimum atomic E-state index is -0.550. The molecule has 1 atom stereocenters. The molecular weight excluding hydrogens is 240 g/mol. The minimum Gasteiger partial charge on any atom is -0.390 e. The molecule has 1 fully saturated rings. The van der Waals surface area contributed by atoms with Crippen molar-refractivity contribution >= 4 is 17.0 Å². The summed E-state index contributed by atoms with van der Waals surface area (Å²) in [4.78, 5) is 15.2. The summed E-state index contributed by atoms with van der Waals surface area (Å²) in [6.07, 6.45) is 5.93. The van der Waals surface area contributed by atoms with Gasteiger partial charge < -0.3 is 10.0 Å². The van der Waals surface area contributed by atoms with E-state index in [-0.39, 0.29) is 0 Å². The maximum Gasteiger partial charge on any atom is 0.180 e. The van der Waals surface area contributed by atoms with Gasteiger partial charge in [-0.1, -0.05) is 0 Å². The highest BCUT2D eigenvalue weighted by Crippen LogP contribution is 2.24. The molecule has 5 heteroatoms. The molecule has 100 valence electrons. The lowest BCUT2D eigenvalue weighted by molar-refractivity contribution is 0.0481. The van der Waals surface area contributed by atoms with Gasteiger partial charge in [0.2, 0.25) is 0 Å². The number of hydrogen-bond donors (Lipinski definition) is 1. The van der Waals surface area contributed by atoms with Crippen LogP contribution in [0.5, 0.6) is 0 Å². The molecule has 0 spiro atoms. The van der Waals surface area contributed by atoms with Gasteiger partial charge >= 0.3 is 0 Å². The molecule has 0 bridgehead atoms. The molecule has 19 heavy (non-hydrogen) atoms. The lowest BCUT2D eigenvalue weighted by atomic mass is 9.98. The van der Waals surface area contributed by atoms with Crippen molar-refractivity contribution in [1.29, 1.82) is 0 Å². The molecule has 5 nitrogen and oxygen atoms in total. The molecule has 0 radical (unpaired) electrons. The predicted molar refractivity (Wildman–Crippen MR) is 74.0 cm³/mol. The Labute approximate surface area is 112 Å².